The lowest BCUT2D eigenvalue weighted by Gasteiger charge is -2.11. The number of hydrogen-bond donors (Lipinski definition) is 3. The molecule has 0 aliphatic rings. The highest BCUT2D eigenvalue weighted by atomic mass is 79.9. The maximum absolute atomic E-state index is 11.9. The van der Waals surface area contributed by atoms with Crippen molar-refractivity contribution in [2.45, 2.75) is 4.90 Å². The number of nitrogens with one attached hydrogen (secondary N) is 3. The zero-order valence-electron chi connectivity index (χ0n) is 14.8. The second kappa shape index (κ2) is 10.3. The highest BCUT2D eigenvalue weighted by Crippen LogP contribution is 2.21. The Hall–Kier alpha value is -2.29. The van der Waals surface area contributed by atoms with Gasteiger partial charge in [0.2, 0.25) is 0 Å². The van der Waals surface area contributed by atoms with Gasteiger partial charge in [-0.3, -0.25) is 4.79 Å². The lowest BCUT2D eigenvalue weighted by molar-refractivity contribution is 0.0996. The van der Waals surface area contributed by atoms with Crippen molar-refractivity contribution in [2.75, 3.05) is 22.9 Å². The van der Waals surface area contributed by atoms with Crippen LogP contribution in [-0.4, -0.2) is 23.3 Å². The summed E-state index contributed by atoms with van der Waals surface area (Å²) in [6, 6.07) is 18.8. The smallest absolute Gasteiger partial charge is 0.291 e. The highest BCUT2D eigenvalue weighted by Gasteiger charge is 2.08. The number of benzene rings is 2. The molecule has 0 fully saturated rings. The molecule has 0 atom stereocenters. The number of hydrogen-bond acceptors (Lipinski definition) is 4. The standard InChI is InChI=1S/C20H18BrN3O2S2/c21-14-3-1-4-17(13-14)28-12-10-22-20(27)24-16-8-6-15(7-9-16)23-19(25)18-5-2-11-26-18/h1-9,11,13H,10,12H2,(H,23,25)(H2,22,24,27). The molecule has 0 saturated heterocycles. The molecule has 1 amide bonds. The summed E-state index contributed by atoms with van der Waals surface area (Å²) in [6.45, 7) is 0.750. The summed E-state index contributed by atoms with van der Waals surface area (Å²) in [7, 11) is 0. The van der Waals surface area contributed by atoms with E-state index in [1.807, 2.05) is 24.3 Å². The Kier molecular flexibility index (Phi) is 7.53. The number of thioether (sulfide) groups is 1. The summed E-state index contributed by atoms with van der Waals surface area (Å²) in [6.07, 6.45) is 1.47. The Bertz CT molecular complexity index is 931. The van der Waals surface area contributed by atoms with Crippen molar-refractivity contribution < 1.29 is 9.21 Å². The van der Waals surface area contributed by atoms with Crippen molar-refractivity contribution >= 4 is 62.3 Å². The number of thiocarbonyl (C=S) groups is 1. The molecule has 0 spiro atoms. The van der Waals surface area contributed by atoms with Crippen LogP contribution in [0.5, 0.6) is 0 Å². The molecule has 3 aromatic rings. The van der Waals surface area contributed by atoms with E-state index in [1.54, 1.807) is 36.0 Å². The normalized spacial score (nSPS) is 10.3. The van der Waals surface area contributed by atoms with Crippen molar-refractivity contribution in [3.63, 3.8) is 0 Å². The van der Waals surface area contributed by atoms with Gasteiger partial charge in [-0.25, -0.2) is 0 Å². The van der Waals surface area contributed by atoms with E-state index in [2.05, 4.69) is 44.0 Å². The molecule has 0 radical (unpaired) electrons. The number of halogens is 1. The third-order valence-electron chi connectivity index (χ3n) is 3.60. The van der Waals surface area contributed by atoms with Crippen LogP contribution in [0.25, 0.3) is 0 Å². The van der Waals surface area contributed by atoms with Gasteiger partial charge in [0.05, 0.1) is 6.26 Å². The van der Waals surface area contributed by atoms with Crippen molar-refractivity contribution in [1.82, 2.24) is 5.32 Å². The quantitative estimate of drug-likeness (QED) is 0.242. The largest absolute Gasteiger partial charge is 0.459 e. The third kappa shape index (κ3) is 6.40. The number of carbonyl (C=O) groups excluding carboxylic acids is 1. The molecule has 0 unspecified atom stereocenters. The fourth-order valence-electron chi connectivity index (χ4n) is 2.30. The molecule has 5 nitrogen and oxygen atoms in total. The monoisotopic (exact) mass is 475 g/mol. The predicted molar refractivity (Wildman–Crippen MR) is 122 cm³/mol. The van der Waals surface area contributed by atoms with Crippen LogP contribution in [0.15, 0.2) is 80.7 Å². The van der Waals surface area contributed by atoms with Gasteiger partial charge in [-0.2, -0.15) is 0 Å². The molecular formula is C20H18BrN3O2S2. The van der Waals surface area contributed by atoms with Crippen LogP contribution >= 0.6 is 39.9 Å². The first-order chi connectivity index (χ1) is 13.6. The summed E-state index contributed by atoms with van der Waals surface area (Å²) in [5, 5.41) is 9.65. The fourth-order valence-corrected chi connectivity index (χ4v) is 3.90. The number of amides is 1. The Balaban J connectivity index is 1.39. The SMILES string of the molecule is O=C(Nc1ccc(NC(=S)NCCSc2cccc(Br)c2)cc1)c1ccco1. The third-order valence-corrected chi connectivity index (χ3v) is 5.33. The van der Waals surface area contributed by atoms with E-state index in [1.165, 1.54) is 11.2 Å². The Morgan fingerprint density at radius 2 is 1.79 bits per heavy atom. The van der Waals surface area contributed by atoms with Crippen LogP contribution in [0.2, 0.25) is 0 Å². The summed E-state index contributed by atoms with van der Waals surface area (Å²) in [4.78, 5) is 13.2. The van der Waals surface area contributed by atoms with Gasteiger partial charge >= 0.3 is 0 Å². The molecule has 0 aliphatic heterocycles. The van der Waals surface area contributed by atoms with Gasteiger partial charge in [-0.15, -0.1) is 11.8 Å². The van der Waals surface area contributed by atoms with Crippen LogP contribution in [0.1, 0.15) is 10.6 Å². The molecule has 3 rings (SSSR count). The Labute approximate surface area is 181 Å². The van der Waals surface area contributed by atoms with Crippen molar-refractivity contribution in [2.24, 2.45) is 0 Å². The van der Waals surface area contributed by atoms with E-state index in [-0.39, 0.29) is 11.7 Å². The van der Waals surface area contributed by atoms with Crippen LogP contribution in [0, 0.1) is 0 Å². The molecule has 1 aromatic heterocycles. The van der Waals surface area contributed by atoms with Gasteiger partial charge in [0.1, 0.15) is 0 Å². The zero-order chi connectivity index (χ0) is 19.8. The van der Waals surface area contributed by atoms with Gasteiger partial charge in [-0.05, 0) is 66.8 Å². The second-order valence-electron chi connectivity index (χ2n) is 5.70. The summed E-state index contributed by atoms with van der Waals surface area (Å²) < 4.78 is 6.15. The molecular weight excluding hydrogens is 458 g/mol. The molecule has 3 N–H and O–H groups in total. The lowest BCUT2D eigenvalue weighted by Crippen LogP contribution is -2.30. The van der Waals surface area contributed by atoms with Crippen molar-refractivity contribution in [1.29, 1.82) is 0 Å². The molecule has 0 bridgehead atoms. The first-order valence-corrected chi connectivity index (χ1v) is 10.7. The van der Waals surface area contributed by atoms with E-state index in [4.69, 9.17) is 16.6 Å². The van der Waals surface area contributed by atoms with E-state index < -0.39 is 0 Å². The minimum atomic E-state index is -0.286. The summed E-state index contributed by atoms with van der Waals surface area (Å²) in [5.74, 6) is 0.884. The number of furan rings is 1. The van der Waals surface area contributed by atoms with Crippen LogP contribution in [-0.2, 0) is 0 Å². The summed E-state index contributed by atoms with van der Waals surface area (Å²) in [5.41, 5.74) is 1.52. The molecule has 2 aromatic carbocycles. The van der Waals surface area contributed by atoms with Crippen LogP contribution in [0.3, 0.4) is 0 Å². The van der Waals surface area contributed by atoms with Crippen molar-refractivity contribution in [3.8, 4) is 0 Å². The Morgan fingerprint density at radius 3 is 2.46 bits per heavy atom. The molecule has 1 heterocycles. The topological polar surface area (TPSA) is 66.3 Å². The van der Waals surface area contributed by atoms with E-state index in [9.17, 15) is 4.79 Å². The van der Waals surface area contributed by atoms with Gasteiger partial charge in [0.25, 0.3) is 5.91 Å². The van der Waals surface area contributed by atoms with Crippen LogP contribution in [0.4, 0.5) is 11.4 Å². The summed E-state index contributed by atoms with van der Waals surface area (Å²) >= 11 is 10.6. The molecule has 28 heavy (non-hydrogen) atoms. The first kappa shape index (κ1) is 20.4. The fraction of sp³-hybridized carbons (Fsp3) is 0.100. The number of carbonyl (C=O) groups is 1. The van der Waals surface area contributed by atoms with Gasteiger partial charge in [0, 0.05) is 33.0 Å². The molecule has 0 saturated carbocycles. The molecule has 144 valence electrons. The average Bonchev–Trinajstić information content (AvgIpc) is 3.22. The number of rotatable bonds is 7. The Morgan fingerprint density at radius 1 is 1.04 bits per heavy atom. The van der Waals surface area contributed by atoms with E-state index in [0.717, 1.165) is 22.5 Å². The minimum Gasteiger partial charge on any atom is -0.459 e. The minimum absolute atomic E-state index is 0.272. The van der Waals surface area contributed by atoms with E-state index >= 15 is 0 Å². The van der Waals surface area contributed by atoms with Gasteiger partial charge < -0.3 is 20.4 Å². The van der Waals surface area contributed by atoms with Gasteiger partial charge in [-0.1, -0.05) is 22.0 Å². The zero-order valence-corrected chi connectivity index (χ0v) is 18.0. The van der Waals surface area contributed by atoms with Gasteiger partial charge in [0.15, 0.2) is 10.9 Å². The average molecular weight is 476 g/mol. The maximum atomic E-state index is 11.9. The van der Waals surface area contributed by atoms with Crippen molar-refractivity contribution in [3.05, 3.63) is 77.2 Å². The predicted octanol–water partition coefficient (Wildman–Crippen LogP) is 5.37. The number of anilines is 2. The lowest BCUT2D eigenvalue weighted by atomic mass is 10.2. The molecule has 0 aliphatic carbocycles. The second-order valence-corrected chi connectivity index (χ2v) is 8.19. The van der Waals surface area contributed by atoms with E-state index in [0.29, 0.717) is 10.8 Å². The maximum Gasteiger partial charge on any atom is 0.291 e. The molecule has 8 heteroatoms. The first-order valence-electron chi connectivity index (χ1n) is 8.48. The highest BCUT2D eigenvalue weighted by molar-refractivity contribution is 9.10. The van der Waals surface area contributed by atoms with Crippen LogP contribution < -0.4 is 16.0 Å².